The van der Waals surface area contributed by atoms with E-state index >= 15 is 0 Å². The molecular weight excluding hydrogens is 240 g/mol. The molecule has 106 valence electrons. The lowest BCUT2D eigenvalue weighted by Gasteiger charge is -2.18. The van der Waals surface area contributed by atoms with E-state index in [1.807, 2.05) is 17.6 Å². The molecule has 2 rings (SSSR count). The molecule has 4 heteroatoms. The van der Waals surface area contributed by atoms with E-state index in [-0.39, 0.29) is 5.56 Å². The van der Waals surface area contributed by atoms with Crippen molar-refractivity contribution in [2.45, 2.75) is 45.2 Å². The zero-order valence-electron chi connectivity index (χ0n) is 11.9. The minimum Gasteiger partial charge on any atom is -0.383 e. The van der Waals surface area contributed by atoms with Gasteiger partial charge in [0.25, 0.3) is 5.56 Å². The largest absolute Gasteiger partial charge is 0.383 e. The summed E-state index contributed by atoms with van der Waals surface area (Å²) in [5, 5.41) is 3.24. The highest BCUT2D eigenvalue weighted by Gasteiger charge is 2.20. The maximum Gasteiger partial charge on any atom is 0.255 e. The lowest BCUT2D eigenvalue weighted by molar-refractivity contribution is 0.199. The number of nitrogens with one attached hydrogen (secondary N) is 1. The lowest BCUT2D eigenvalue weighted by Crippen LogP contribution is -2.31. The topological polar surface area (TPSA) is 43.3 Å². The third kappa shape index (κ3) is 3.45. The van der Waals surface area contributed by atoms with Crippen molar-refractivity contribution in [1.29, 1.82) is 0 Å². The van der Waals surface area contributed by atoms with Crippen LogP contribution in [0.3, 0.4) is 0 Å². The van der Waals surface area contributed by atoms with Crippen LogP contribution >= 0.6 is 0 Å². The zero-order valence-corrected chi connectivity index (χ0v) is 11.9. The minimum atomic E-state index is 0.178. The highest BCUT2D eigenvalue weighted by atomic mass is 16.5. The Labute approximate surface area is 114 Å². The van der Waals surface area contributed by atoms with Crippen molar-refractivity contribution < 1.29 is 4.74 Å². The molecule has 0 atom stereocenters. The predicted molar refractivity (Wildman–Crippen MR) is 76.5 cm³/mol. The molecule has 1 aliphatic rings. The average Bonchev–Trinajstić information content (AvgIpc) is 2.91. The fourth-order valence-corrected chi connectivity index (χ4v) is 2.84. The molecule has 0 bridgehead atoms. The van der Waals surface area contributed by atoms with Crippen LogP contribution in [-0.2, 0) is 11.3 Å². The van der Waals surface area contributed by atoms with Crippen LogP contribution in [0.4, 0.5) is 0 Å². The quantitative estimate of drug-likeness (QED) is 0.799. The molecule has 1 fully saturated rings. The Balaban J connectivity index is 2.12. The Morgan fingerprint density at radius 3 is 2.79 bits per heavy atom. The summed E-state index contributed by atoms with van der Waals surface area (Å²) in [5.74, 6) is 0. The van der Waals surface area contributed by atoms with E-state index in [1.165, 1.54) is 12.8 Å². The SMILES string of the molecule is COCCNCc1ccc(C)n(C2CCCC2)c1=O. The summed E-state index contributed by atoms with van der Waals surface area (Å²) in [6.07, 6.45) is 4.77. The third-order valence-electron chi connectivity index (χ3n) is 3.89. The van der Waals surface area contributed by atoms with Crippen LogP contribution in [-0.4, -0.2) is 24.8 Å². The second-order valence-electron chi connectivity index (χ2n) is 5.28. The summed E-state index contributed by atoms with van der Waals surface area (Å²) in [7, 11) is 1.68. The molecule has 1 aromatic rings. The molecule has 19 heavy (non-hydrogen) atoms. The molecule has 1 aromatic heterocycles. The Hall–Kier alpha value is -1.13. The first-order chi connectivity index (χ1) is 9.24. The number of pyridine rings is 1. The van der Waals surface area contributed by atoms with Gasteiger partial charge in [0, 0.05) is 37.5 Å². The number of ether oxygens (including phenoxy) is 1. The summed E-state index contributed by atoms with van der Waals surface area (Å²) < 4.78 is 6.99. The number of methoxy groups -OCH3 is 1. The van der Waals surface area contributed by atoms with Crippen molar-refractivity contribution in [3.05, 3.63) is 33.7 Å². The molecule has 0 amide bonds. The van der Waals surface area contributed by atoms with Gasteiger partial charge in [0.1, 0.15) is 0 Å². The van der Waals surface area contributed by atoms with Gasteiger partial charge in [0.05, 0.1) is 6.61 Å². The van der Waals surface area contributed by atoms with Crippen molar-refractivity contribution >= 4 is 0 Å². The smallest absolute Gasteiger partial charge is 0.255 e. The van der Waals surface area contributed by atoms with Crippen molar-refractivity contribution in [2.75, 3.05) is 20.3 Å². The zero-order chi connectivity index (χ0) is 13.7. The minimum absolute atomic E-state index is 0.178. The number of aromatic nitrogens is 1. The van der Waals surface area contributed by atoms with E-state index in [0.29, 0.717) is 19.2 Å². The van der Waals surface area contributed by atoms with Gasteiger partial charge in [-0.3, -0.25) is 4.79 Å². The van der Waals surface area contributed by atoms with Crippen LogP contribution in [0.2, 0.25) is 0 Å². The molecule has 0 spiro atoms. The average molecular weight is 264 g/mol. The molecule has 0 unspecified atom stereocenters. The summed E-state index contributed by atoms with van der Waals surface area (Å²) >= 11 is 0. The van der Waals surface area contributed by atoms with Crippen LogP contribution in [0, 0.1) is 6.92 Å². The van der Waals surface area contributed by atoms with Crippen LogP contribution < -0.4 is 10.9 Å². The second-order valence-corrected chi connectivity index (χ2v) is 5.28. The van der Waals surface area contributed by atoms with E-state index in [4.69, 9.17) is 4.74 Å². The molecule has 0 aliphatic heterocycles. The fourth-order valence-electron chi connectivity index (χ4n) is 2.84. The fraction of sp³-hybridized carbons (Fsp3) is 0.667. The molecule has 4 nitrogen and oxygen atoms in total. The van der Waals surface area contributed by atoms with Crippen LogP contribution in [0.15, 0.2) is 16.9 Å². The highest BCUT2D eigenvalue weighted by molar-refractivity contribution is 5.16. The molecule has 1 heterocycles. The molecule has 0 aromatic carbocycles. The summed E-state index contributed by atoms with van der Waals surface area (Å²) in [4.78, 5) is 12.5. The summed E-state index contributed by atoms with van der Waals surface area (Å²) in [6, 6.07) is 4.42. The standard InChI is InChI=1S/C15H24N2O2/c1-12-7-8-13(11-16-9-10-19-2)15(18)17(12)14-5-3-4-6-14/h7-8,14,16H,3-6,9-11H2,1-2H3. The predicted octanol–water partition coefficient (Wildman–Crippen LogP) is 2.01. The van der Waals surface area contributed by atoms with E-state index in [2.05, 4.69) is 11.4 Å². The van der Waals surface area contributed by atoms with Gasteiger partial charge in [0.2, 0.25) is 0 Å². The second kappa shape index (κ2) is 6.87. The van der Waals surface area contributed by atoms with E-state index in [1.54, 1.807) is 7.11 Å². The maximum atomic E-state index is 12.5. The van der Waals surface area contributed by atoms with Crippen molar-refractivity contribution in [3.63, 3.8) is 0 Å². The third-order valence-corrected chi connectivity index (χ3v) is 3.89. The molecule has 1 aliphatic carbocycles. The van der Waals surface area contributed by atoms with Gasteiger partial charge in [0.15, 0.2) is 0 Å². The van der Waals surface area contributed by atoms with Gasteiger partial charge in [-0.05, 0) is 25.8 Å². The first-order valence-corrected chi connectivity index (χ1v) is 7.14. The van der Waals surface area contributed by atoms with Crippen molar-refractivity contribution in [1.82, 2.24) is 9.88 Å². The lowest BCUT2D eigenvalue weighted by atomic mass is 10.1. The van der Waals surface area contributed by atoms with Gasteiger partial charge >= 0.3 is 0 Å². The molecular formula is C15H24N2O2. The molecule has 1 saturated carbocycles. The van der Waals surface area contributed by atoms with Crippen LogP contribution in [0.1, 0.15) is 43.0 Å². The Morgan fingerprint density at radius 1 is 1.37 bits per heavy atom. The first kappa shape index (κ1) is 14.3. The van der Waals surface area contributed by atoms with Gasteiger partial charge < -0.3 is 14.6 Å². The van der Waals surface area contributed by atoms with Crippen LogP contribution in [0.5, 0.6) is 0 Å². The summed E-state index contributed by atoms with van der Waals surface area (Å²) in [5.41, 5.74) is 2.11. The Morgan fingerprint density at radius 2 is 2.11 bits per heavy atom. The monoisotopic (exact) mass is 264 g/mol. The number of rotatable bonds is 6. The molecule has 1 N–H and O–H groups in total. The number of nitrogens with zero attached hydrogens (tertiary/aromatic N) is 1. The number of hydrogen-bond acceptors (Lipinski definition) is 3. The van der Waals surface area contributed by atoms with E-state index in [0.717, 1.165) is 30.6 Å². The van der Waals surface area contributed by atoms with Crippen molar-refractivity contribution in [2.24, 2.45) is 0 Å². The van der Waals surface area contributed by atoms with Gasteiger partial charge in [-0.25, -0.2) is 0 Å². The molecule has 0 saturated heterocycles. The maximum absolute atomic E-state index is 12.5. The number of hydrogen-bond donors (Lipinski definition) is 1. The van der Waals surface area contributed by atoms with E-state index < -0.39 is 0 Å². The number of aryl methyl sites for hydroxylation is 1. The van der Waals surface area contributed by atoms with Crippen molar-refractivity contribution in [3.8, 4) is 0 Å². The van der Waals surface area contributed by atoms with Crippen LogP contribution in [0.25, 0.3) is 0 Å². The Bertz CT molecular complexity index is 462. The highest BCUT2D eigenvalue weighted by Crippen LogP contribution is 2.29. The van der Waals surface area contributed by atoms with Gasteiger partial charge in [-0.15, -0.1) is 0 Å². The van der Waals surface area contributed by atoms with E-state index in [9.17, 15) is 4.79 Å². The van der Waals surface area contributed by atoms with Gasteiger partial charge in [-0.1, -0.05) is 18.9 Å². The normalized spacial score (nSPS) is 16.1. The molecule has 0 radical (unpaired) electrons. The summed E-state index contributed by atoms with van der Waals surface area (Å²) in [6.45, 7) is 4.09. The Kier molecular flexibility index (Phi) is 5.16. The van der Waals surface area contributed by atoms with Gasteiger partial charge in [-0.2, -0.15) is 0 Å². The first-order valence-electron chi connectivity index (χ1n) is 7.14.